The molecular formula is C23H26N3O3S+. The van der Waals surface area contributed by atoms with Gasteiger partial charge in [-0.3, -0.25) is 4.79 Å². The molecule has 1 amide bonds. The van der Waals surface area contributed by atoms with Crippen LogP contribution in [0.2, 0.25) is 0 Å². The molecule has 2 atom stereocenters. The van der Waals surface area contributed by atoms with Crippen LogP contribution in [0.4, 0.5) is 0 Å². The third kappa shape index (κ3) is 4.68. The second-order valence-corrected chi connectivity index (χ2v) is 8.68. The third-order valence-electron chi connectivity index (χ3n) is 5.59. The van der Waals surface area contributed by atoms with Gasteiger partial charge in [0.25, 0.3) is 5.91 Å². The molecule has 0 bridgehead atoms. The number of carbonyl (C=O) groups is 2. The van der Waals surface area contributed by atoms with Crippen LogP contribution in [-0.4, -0.2) is 37.1 Å². The third-order valence-corrected chi connectivity index (χ3v) is 6.74. The topological polar surface area (TPSA) is 72.7 Å². The van der Waals surface area contributed by atoms with Gasteiger partial charge in [0, 0.05) is 13.0 Å². The molecule has 3 aromatic rings. The molecule has 2 aromatic carbocycles. The molecule has 2 N–H and O–H groups in total. The maximum absolute atomic E-state index is 12.6. The number of methoxy groups -OCH3 is 1. The molecule has 1 aliphatic heterocycles. The van der Waals surface area contributed by atoms with Gasteiger partial charge >= 0.3 is 5.97 Å². The number of hydrogen-bond acceptors (Lipinski definition) is 5. The summed E-state index contributed by atoms with van der Waals surface area (Å²) in [5.74, 6) is -0.324. The van der Waals surface area contributed by atoms with Gasteiger partial charge in [-0.15, -0.1) is 11.3 Å². The number of carbonyl (C=O) groups excluding carboxylic acids is 2. The minimum absolute atomic E-state index is 0.0371. The molecule has 1 aromatic heterocycles. The molecule has 7 heteroatoms. The van der Waals surface area contributed by atoms with Crippen LogP contribution in [0.3, 0.4) is 0 Å². The van der Waals surface area contributed by atoms with E-state index >= 15 is 0 Å². The number of para-hydroxylation sites is 1. The number of nitrogens with one attached hydrogen (secondary N) is 2. The Morgan fingerprint density at radius 2 is 1.97 bits per heavy atom. The van der Waals surface area contributed by atoms with E-state index in [4.69, 9.17) is 9.72 Å². The summed E-state index contributed by atoms with van der Waals surface area (Å²) in [5, 5.41) is 4.15. The zero-order valence-corrected chi connectivity index (χ0v) is 17.8. The lowest BCUT2D eigenvalue weighted by Crippen LogP contribution is -3.14. The summed E-state index contributed by atoms with van der Waals surface area (Å²) in [7, 11) is 1.36. The Morgan fingerprint density at radius 1 is 1.17 bits per heavy atom. The molecule has 30 heavy (non-hydrogen) atoms. The summed E-state index contributed by atoms with van der Waals surface area (Å²) in [6.07, 6.45) is 3.38. The Morgan fingerprint density at radius 3 is 2.73 bits per heavy atom. The molecule has 2 heterocycles. The zero-order valence-electron chi connectivity index (χ0n) is 17.0. The summed E-state index contributed by atoms with van der Waals surface area (Å²) in [6.45, 7) is 1.88. The number of nitrogens with zero attached hydrogens (tertiary/aromatic N) is 1. The van der Waals surface area contributed by atoms with Crippen molar-refractivity contribution >= 4 is 33.4 Å². The fraction of sp³-hybridized carbons (Fsp3) is 0.348. The number of ether oxygens (including phenoxy) is 1. The minimum Gasteiger partial charge on any atom is -0.465 e. The van der Waals surface area contributed by atoms with Crippen molar-refractivity contribution in [3.8, 4) is 0 Å². The van der Waals surface area contributed by atoms with Crippen LogP contribution < -0.4 is 10.2 Å². The van der Waals surface area contributed by atoms with Crippen molar-refractivity contribution in [3.63, 3.8) is 0 Å². The Kier molecular flexibility index (Phi) is 6.40. The van der Waals surface area contributed by atoms with E-state index in [1.54, 1.807) is 23.5 Å². The highest BCUT2D eigenvalue weighted by atomic mass is 32.1. The summed E-state index contributed by atoms with van der Waals surface area (Å²) in [6, 6.07) is 15.6. The highest BCUT2D eigenvalue weighted by molar-refractivity contribution is 7.18. The smallest absolute Gasteiger partial charge is 0.337 e. The number of esters is 1. The van der Waals surface area contributed by atoms with E-state index in [9.17, 15) is 9.59 Å². The van der Waals surface area contributed by atoms with Crippen LogP contribution in [0.15, 0.2) is 48.5 Å². The summed E-state index contributed by atoms with van der Waals surface area (Å²) < 4.78 is 5.91. The fourth-order valence-corrected chi connectivity index (χ4v) is 5.13. The van der Waals surface area contributed by atoms with Gasteiger partial charge in [0.1, 0.15) is 6.04 Å². The normalized spacial score (nSPS) is 18.8. The van der Waals surface area contributed by atoms with Crippen molar-refractivity contribution < 1.29 is 19.2 Å². The maximum atomic E-state index is 12.6. The van der Waals surface area contributed by atoms with Crippen molar-refractivity contribution in [2.24, 2.45) is 0 Å². The maximum Gasteiger partial charge on any atom is 0.337 e. The molecule has 1 aliphatic rings. The number of thiazole rings is 1. The van der Waals surface area contributed by atoms with Crippen molar-refractivity contribution in [2.45, 2.75) is 31.8 Å². The van der Waals surface area contributed by atoms with Gasteiger partial charge in [-0.1, -0.05) is 24.3 Å². The van der Waals surface area contributed by atoms with E-state index in [0.717, 1.165) is 35.5 Å². The summed E-state index contributed by atoms with van der Waals surface area (Å²) in [4.78, 5) is 30.3. The van der Waals surface area contributed by atoms with E-state index in [-0.39, 0.29) is 17.9 Å². The number of piperidine rings is 1. The average Bonchev–Trinajstić information content (AvgIpc) is 3.22. The predicted molar refractivity (Wildman–Crippen MR) is 117 cm³/mol. The van der Waals surface area contributed by atoms with Gasteiger partial charge in [-0.25, -0.2) is 9.78 Å². The van der Waals surface area contributed by atoms with Crippen LogP contribution in [0, 0.1) is 0 Å². The molecule has 1 saturated heterocycles. The van der Waals surface area contributed by atoms with Crippen molar-refractivity contribution in [2.75, 3.05) is 20.2 Å². The summed E-state index contributed by atoms with van der Waals surface area (Å²) in [5.41, 5.74) is 2.50. The van der Waals surface area contributed by atoms with Gasteiger partial charge in [-0.2, -0.15) is 0 Å². The lowest BCUT2D eigenvalue weighted by Gasteiger charge is -2.30. The van der Waals surface area contributed by atoms with Crippen LogP contribution in [-0.2, 0) is 16.1 Å². The second kappa shape index (κ2) is 9.36. The van der Waals surface area contributed by atoms with Gasteiger partial charge in [0.2, 0.25) is 0 Å². The van der Waals surface area contributed by atoms with Crippen LogP contribution in [0.5, 0.6) is 0 Å². The van der Waals surface area contributed by atoms with E-state index in [1.165, 1.54) is 23.1 Å². The van der Waals surface area contributed by atoms with Crippen LogP contribution in [0.1, 0.15) is 46.2 Å². The first-order valence-corrected chi connectivity index (χ1v) is 11.1. The van der Waals surface area contributed by atoms with Crippen molar-refractivity contribution in [3.05, 3.63) is 64.7 Å². The predicted octanol–water partition coefficient (Wildman–Crippen LogP) is 2.51. The molecule has 6 nitrogen and oxygen atoms in total. The molecule has 0 saturated carbocycles. The van der Waals surface area contributed by atoms with Crippen molar-refractivity contribution in [1.29, 1.82) is 0 Å². The lowest BCUT2D eigenvalue weighted by molar-refractivity contribution is -0.929. The number of likely N-dealkylation sites (tertiary alicyclic amines) is 1. The monoisotopic (exact) mass is 424 g/mol. The number of quaternary nitrogens is 1. The van der Waals surface area contributed by atoms with Crippen LogP contribution >= 0.6 is 11.3 Å². The van der Waals surface area contributed by atoms with Gasteiger partial charge in [0.15, 0.2) is 11.6 Å². The molecule has 156 valence electrons. The number of fused-ring (bicyclic) bond motifs is 1. The molecule has 0 radical (unpaired) electrons. The van der Waals surface area contributed by atoms with Gasteiger partial charge < -0.3 is 15.0 Å². The first-order valence-electron chi connectivity index (χ1n) is 10.3. The molecule has 0 aliphatic carbocycles. The number of aromatic nitrogens is 1. The molecular weight excluding hydrogens is 398 g/mol. The van der Waals surface area contributed by atoms with Gasteiger partial charge in [-0.05, 0) is 42.7 Å². The van der Waals surface area contributed by atoms with E-state index in [1.807, 2.05) is 24.3 Å². The summed E-state index contributed by atoms with van der Waals surface area (Å²) >= 11 is 1.75. The lowest BCUT2D eigenvalue weighted by atomic mass is 10.0. The highest BCUT2D eigenvalue weighted by Gasteiger charge is 2.31. The quantitative estimate of drug-likeness (QED) is 0.597. The largest absolute Gasteiger partial charge is 0.465 e. The SMILES string of the molecule is COC(=O)c1ccc(CNC(=O)C[NH+]2CCCC[C@H]2c2nc3ccccc3s2)cc1. The van der Waals surface area contributed by atoms with E-state index < -0.39 is 0 Å². The first kappa shape index (κ1) is 20.5. The fourth-order valence-electron chi connectivity index (χ4n) is 3.97. The van der Waals surface area contributed by atoms with E-state index in [0.29, 0.717) is 18.7 Å². The molecule has 0 spiro atoms. The van der Waals surface area contributed by atoms with Gasteiger partial charge in [0.05, 0.1) is 29.4 Å². The standard InChI is InChI=1S/C23H25N3O3S/c1-29-23(28)17-11-9-16(10-12-17)14-24-21(27)15-26-13-5-4-7-19(26)22-25-18-6-2-3-8-20(18)30-22/h2-3,6,8-12,19H,4-5,7,13-15H2,1H3,(H,24,27)/p+1/t19-/m0/s1. The Balaban J connectivity index is 1.37. The van der Waals surface area contributed by atoms with E-state index in [2.05, 4.69) is 17.4 Å². The van der Waals surface area contributed by atoms with Crippen LogP contribution in [0.25, 0.3) is 10.2 Å². The molecule has 1 fully saturated rings. The molecule has 4 rings (SSSR count). The number of amides is 1. The Labute approximate surface area is 179 Å². The number of rotatable bonds is 6. The molecule has 1 unspecified atom stereocenters. The minimum atomic E-state index is -0.361. The number of hydrogen-bond donors (Lipinski definition) is 2. The first-order chi connectivity index (χ1) is 14.6. The Bertz CT molecular complexity index is 999. The average molecular weight is 425 g/mol. The van der Waals surface area contributed by atoms with Crippen molar-refractivity contribution in [1.82, 2.24) is 10.3 Å². The second-order valence-electron chi connectivity index (χ2n) is 7.62. The number of benzene rings is 2. The highest BCUT2D eigenvalue weighted by Crippen LogP contribution is 2.28. The zero-order chi connectivity index (χ0) is 20.9. The Hall–Kier alpha value is -2.77.